The standard InChI is InChI=1S/C21H30O3/c1-3-4-5-6-7-11-14-20(23)15-19(17(2)22)16-21(24)18-12-9-8-10-13-18/h8-10,12-13,19H,3-7,11,14-16H2,1-2H3. The van der Waals surface area contributed by atoms with Gasteiger partial charge in [-0.2, -0.15) is 0 Å². The molecule has 1 unspecified atom stereocenters. The highest BCUT2D eigenvalue weighted by Gasteiger charge is 2.22. The maximum Gasteiger partial charge on any atom is 0.163 e. The lowest BCUT2D eigenvalue weighted by molar-refractivity contribution is -0.126. The minimum Gasteiger partial charge on any atom is -0.300 e. The third-order valence-corrected chi connectivity index (χ3v) is 4.39. The van der Waals surface area contributed by atoms with Gasteiger partial charge in [0.25, 0.3) is 0 Å². The zero-order valence-corrected chi connectivity index (χ0v) is 15.1. The molecule has 0 aliphatic carbocycles. The number of hydrogen-bond acceptors (Lipinski definition) is 3. The van der Waals surface area contributed by atoms with E-state index in [-0.39, 0.29) is 30.2 Å². The van der Waals surface area contributed by atoms with Gasteiger partial charge in [0.1, 0.15) is 11.6 Å². The number of ketones is 3. The molecule has 0 amide bonds. The van der Waals surface area contributed by atoms with Crippen molar-refractivity contribution in [2.24, 2.45) is 5.92 Å². The topological polar surface area (TPSA) is 51.2 Å². The fourth-order valence-corrected chi connectivity index (χ4v) is 2.80. The molecule has 0 heterocycles. The van der Waals surface area contributed by atoms with Crippen molar-refractivity contribution in [3.05, 3.63) is 35.9 Å². The molecule has 24 heavy (non-hydrogen) atoms. The molecule has 1 aromatic carbocycles. The first-order valence-electron chi connectivity index (χ1n) is 9.15. The summed E-state index contributed by atoms with van der Waals surface area (Å²) in [4.78, 5) is 36.1. The number of hydrogen-bond donors (Lipinski definition) is 0. The van der Waals surface area contributed by atoms with Crippen molar-refractivity contribution in [1.82, 2.24) is 0 Å². The van der Waals surface area contributed by atoms with E-state index in [1.165, 1.54) is 32.6 Å². The fraction of sp³-hybridized carbons (Fsp3) is 0.571. The van der Waals surface area contributed by atoms with Gasteiger partial charge in [-0.1, -0.05) is 69.4 Å². The quantitative estimate of drug-likeness (QED) is 0.370. The Hall–Kier alpha value is -1.77. The lowest BCUT2D eigenvalue weighted by Gasteiger charge is -2.12. The minimum absolute atomic E-state index is 0.0665. The molecule has 0 bridgehead atoms. The smallest absolute Gasteiger partial charge is 0.163 e. The summed E-state index contributed by atoms with van der Waals surface area (Å²) in [5, 5.41) is 0. The Balaban J connectivity index is 2.38. The maximum absolute atomic E-state index is 12.2. The fourth-order valence-electron chi connectivity index (χ4n) is 2.80. The summed E-state index contributed by atoms with van der Waals surface area (Å²) in [7, 11) is 0. The van der Waals surface area contributed by atoms with Gasteiger partial charge >= 0.3 is 0 Å². The third kappa shape index (κ3) is 8.19. The molecule has 0 saturated heterocycles. The average Bonchev–Trinajstić information content (AvgIpc) is 2.58. The molecular weight excluding hydrogens is 300 g/mol. The first-order chi connectivity index (χ1) is 11.5. The van der Waals surface area contributed by atoms with Crippen LogP contribution in [0.5, 0.6) is 0 Å². The Labute approximate surface area is 145 Å². The van der Waals surface area contributed by atoms with Gasteiger partial charge in [0.15, 0.2) is 5.78 Å². The van der Waals surface area contributed by atoms with Crippen LogP contribution in [-0.4, -0.2) is 17.3 Å². The minimum atomic E-state index is -0.481. The number of unbranched alkanes of at least 4 members (excludes halogenated alkanes) is 5. The number of carbonyl (C=O) groups is 3. The summed E-state index contributed by atoms with van der Waals surface area (Å²) in [6, 6.07) is 8.96. The van der Waals surface area contributed by atoms with E-state index in [4.69, 9.17) is 0 Å². The van der Waals surface area contributed by atoms with Crippen LogP contribution >= 0.6 is 0 Å². The largest absolute Gasteiger partial charge is 0.300 e. The zero-order valence-electron chi connectivity index (χ0n) is 15.1. The van der Waals surface area contributed by atoms with Crippen molar-refractivity contribution >= 4 is 17.3 Å². The third-order valence-electron chi connectivity index (χ3n) is 4.39. The van der Waals surface area contributed by atoms with E-state index >= 15 is 0 Å². The van der Waals surface area contributed by atoms with Gasteiger partial charge in [-0.3, -0.25) is 14.4 Å². The summed E-state index contributed by atoms with van der Waals surface area (Å²) in [5.74, 6) is -0.518. The predicted octanol–water partition coefficient (Wildman–Crippen LogP) is 5.17. The molecule has 0 saturated carbocycles. The predicted molar refractivity (Wildman–Crippen MR) is 97.2 cm³/mol. The molecule has 0 aromatic heterocycles. The monoisotopic (exact) mass is 330 g/mol. The van der Waals surface area contributed by atoms with Crippen LogP contribution < -0.4 is 0 Å². The normalized spacial score (nSPS) is 11.9. The van der Waals surface area contributed by atoms with Crippen molar-refractivity contribution < 1.29 is 14.4 Å². The molecule has 0 N–H and O–H groups in total. The molecule has 132 valence electrons. The number of Topliss-reactive ketones (excluding diaryl/α,β-unsaturated/α-hetero) is 3. The number of benzene rings is 1. The first kappa shape index (κ1) is 20.3. The van der Waals surface area contributed by atoms with Crippen LogP contribution in [0.25, 0.3) is 0 Å². The van der Waals surface area contributed by atoms with Crippen LogP contribution in [0.2, 0.25) is 0 Å². The highest BCUT2D eigenvalue weighted by molar-refractivity contribution is 5.99. The molecule has 3 heteroatoms. The van der Waals surface area contributed by atoms with Crippen LogP contribution in [0, 0.1) is 5.92 Å². The van der Waals surface area contributed by atoms with E-state index in [0.29, 0.717) is 12.0 Å². The molecule has 0 spiro atoms. The SMILES string of the molecule is CCCCCCCCC(=O)CC(CC(=O)c1ccccc1)C(C)=O. The molecule has 3 nitrogen and oxygen atoms in total. The molecule has 1 rings (SSSR count). The van der Waals surface area contributed by atoms with E-state index in [2.05, 4.69) is 6.92 Å². The Morgan fingerprint density at radius 1 is 0.875 bits per heavy atom. The van der Waals surface area contributed by atoms with Gasteiger partial charge in [-0.05, 0) is 13.3 Å². The van der Waals surface area contributed by atoms with Crippen LogP contribution in [0.3, 0.4) is 0 Å². The van der Waals surface area contributed by atoms with Crippen LogP contribution in [0.4, 0.5) is 0 Å². The Bertz CT molecular complexity index is 519. The van der Waals surface area contributed by atoms with Crippen molar-refractivity contribution in [3.63, 3.8) is 0 Å². The zero-order chi connectivity index (χ0) is 17.8. The molecule has 1 aromatic rings. The van der Waals surface area contributed by atoms with Crippen LogP contribution in [0.1, 0.15) is 82.0 Å². The van der Waals surface area contributed by atoms with Gasteiger partial charge in [0, 0.05) is 30.7 Å². The van der Waals surface area contributed by atoms with E-state index in [1.54, 1.807) is 24.3 Å². The molecule has 0 fully saturated rings. The second-order valence-electron chi connectivity index (χ2n) is 6.56. The summed E-state index contributed by atoms with van der Waals surface area (Å²) in [6.45, 7) is 3.66. The molecule has 1 atom stereocenters. The maximum atomic E-state index is 12.2. The Morgan fingerprint density at radius 3 is 2.12 bits per heavy atom. The van der Waals surface area contributed by atoms with Crippen molar-refractivity contribution in [2.45, 2.75) is 71.6 Å². The highest BCUT2D eigenvalue weighted by atomic mass is 16.1. The van der Waals surface area contributed by atoms with Gasteiger partial charge in [-0.25, -0.2) is 0 Å². The molecule has 0 aliphatic rings. The van der Waals surface area contributed by atoms with Crippen molar-refractivity contribution in [2.75, 3.05) is 0 Å². The molecular formula is C21H30O3. The van der Waals surface area contributed by atoms with E-state index in [9.17, 15) is 14.4 Å². The second kappa shape index (κ2) is 11.7. The average molecular weight is 330 g/mol. The summed E-state index contributed by atoms with van der Waals surface area (Å²) in [6.07, 6.45) is 7.67. The number of rotatable bonds is 13. The highest BCUT2D eigenvalue weighted by Crippen LogP contribution is 2.17. The van der Waals surface area contributed by atoms with Gasteiger partial charge < -0.3 is 0 Å². The molecule has 0 aliphatic heterocycles. The number of carbonyl (C=O) groups excluding carboxylic acids is 3. The summed E-state index contributed by atoms with van der Waals surface area (Å²) in [5.41, 5.74) is 0.604. The Kier molecular flexibility index (Phi) is 9.90. The Morgan fingerprint density at radius 2 is 1.50 bits per heavy atom. The van der Waals surface area contributed by atoms with Gasteiger partial charge in [-0.15, -0.1) is 0 Å². The summed E-state index contributed by atoms with van der Waals surface area (Å²) < 4.78 is 0. The van der Waals surface area contributed by atoms with Crippen LogP contribution in [-0.2, 0) is 9.59 Å². The van der Waals surface area contributed by atoms with E-state index in [0.717, 1.165) is 12.8 Å². The van der Waals surface area contributed by atoms with Crippen LogP contribution in [0.15, 0.2) is 30.3 Å². The lowest BCUT2D eigenvalue weighted by Crippen LogP contribution is -2.19. The van der Waals surface area contributed by atoms with E-state index < -0.39 is 5.92 Å². The summed E-state index contributed by atoms with van der Waals surface area (Å²) >= 11 is 0. The van der Waals surface area contributed by atoms with Gasteiger partial charge in [0.05, 0.1) is 0 Å². The van der Waals surface area contributed by atoms with E-state index in [1.807, 2.05) is 6.07 Å². The van der Waals surface area contributed by atoms with Crippen molar-refractivity contribution in [3.8, 4) is 0 Å². The molecule has 0 radical (unpaired) electrons. The second-order valence-corrected chi connectivity index (χ2v) is 6.56. The van der Waals surface area contributed by atoms with Crippen molar-refractivity contribution in [1.29, 1.82) is 0 Å². The first-order valence-corrected chi connectivity index (χ1v) is 9.15. The lowest BCUT2D eigenvalue weighted by atomic mass is 9.89. The van der Waals surface area contributed by atoms with Gasteiger partial charge in [0.2, 0.25) is 0 Å².